The van der Waals surface area contributed by atoms with Gasteiger partial charge in [-0.1, -0.05) is 165 Å². The number of phosphoric ester groups is 1. The molecule has 10 heteroatoms. The lowest BCUT2D eigenvalue weighted by molar-refractivity contribution is -0.870. The highest BCUT2D eigenvalue weighted by Gasteiger charge is 2.27. The Bertz CT molecular complexity index is 1100. The van der Waals surface area contributed by atoms with Gasteiger partial charge >= 0.3 is 19.8 Å². The SMILES string of the molecule is CCCCC/C=C\C/C=C\C/C=C\C/C=C\CCCC(=O)O[C@H](CO[14C](=O)CCCCCCCCCCCCCCCCC)COP(=O)(O)OCC[N+](C)(C)C. The molecule has 0 saturated carbocycles. The van der Waals surface area contributed by atoms with E-state index in [4.69, 9.17) is 18.5 Å². The van der Waals surface area contributed by atoms with Gasteiger partial charge in [0.25, 0.3) is 0 Å². The maximum absolute atomic E-state index is 12.7. The van der Waals surface area contributed by atoms with E-state index >= 15 is 0 Å². The van der Waals surface area contributed by atoms with Crippen LogP contribution in [0.1, 0.15) is 181 Å². The number of phosphoric acid groups is 1. The van der Waals surface area contributed by atoms with Crippen LogP contribution in [0.25, 0.3) is 0 Å². The molecule has 9 nitrogen and oxygen atoms in total. The van der Waals surface area contributed by atoms with Crippen molar-refractivity contribution in [2.24, 2.45) is 0 Å². The molecule has 0 fully saturated rings. The van der Waals surface area contributed by atoms with Crippen LogP contribution in [-0.2, 0) is 32.7 Å². The molecule has 0 saturated heterocycles. The minimum absolute atomic E-state index is 0.0213. The summed E-state index contributed by atoms with van der Waals surface area (Å²) in [6.45, 7) is 4.33. The molecule has 0 rings (SSSR count). The van der Waals surface area contributed by atoms with Crippen LogP contribution < -0.4 is 0 Å². The summed E-state index contributed by atoms with van der Waals surface area (Å²) in [7, 11) is 1.44. The number of rotatable bonds is 40. The van der Waals surface area contributed by atoms with Gasteiger partial charge in [0, 0.05) is 12.8 Å². The third-order valence-corrected chi connectivity index (χ3v) is 10.3. The van der Waals surface area contributed by atoms with Crippen molar-refractivity contribution in [1.82, 2.24) is 0 Å². The fraction of sp³-hybridized carbons (Fsp3) is 0.783. The molecule has 326 valence electrons. The lowest BCUT2D eigenvalue weighted by atomic mass is 10.0. The van der Waals surface area contributed by atoms with Crippen molar-refractivity contribution in [3.8, 4) is 0 Å². The average Bonchev–Trinajstić information content (AvgIpc) is 3.15. The van der Waals surface area contributed by atoms with Crippen LogP contribution in [-0.4, -0.2) is 74.9 Å². The van der Waals surface area contributed by atoms with E-state index < -0.39 is 26.5 Å². The second kappa shape index (κ2) is 38.5. The normalized spacial score (nSPS) is 14.0. The van der Waals surface area contributed by atoms with E-state index in [-0.39, 0.29) is 32.0 Å². The Labute approximate surface area is 343 Å². The van der Waals surface area contributed by atoms with Crippen molar-refractivity contribution >= 4 is 19.8 Å². The molecule has 0 aliphatic carbocycles. The number of likely N-dealkylation sites (N-methyl/N-ethyl adjacent to an activating group) is 1. The number of carbonyl (C=O) groups excluding carboxylic acids is 2. The number of carbonyl (C=O) groups is 2. The first kappa shape index (κ1) is 54.0. The maximum Gasteiger partial charge on any atom is 0.472 e. The molecule has 0 aliphatic heterocycles. The van der Waals surface area contributed by atoms with E-state index in [2.05, 4.69) is 56.4 Å². The number of unbranched alkanes of at least 4 members (excludes halogenated alkanes) is 18. The molecular weight excluding hydrogens is 727 g/mol. The summed E-state index contributed by atoms with van der Waals surface area (Å²) in [5.41, 5.74) is 0. The highest BCUT2D eigenvalue weighted by Crippen LogP contribution is 2.43. The summed E-state index contributed by atoms with van der Waals surface area (Å²) in [6.07, 6.45) is 44.5. The first-order chi connectivity index (χ1) is 27.0. The molecule has 0 bridgehead atoms. The zero-order valence-electron chi connectivity index (χ0n) is 36.6. The van der Waals surface area contributed by atoms with Crippen LogP contribution in [0.3, 0.4) is 0 Å². The second-order valence-electron chi connectivity index (χ2n) is 16.1. The predicted octanol–water partition coefficient (Wildman–Crippen LogP) is 12.7. The van der Waals surface area contributed by atoms with E-state index in [1.165, 1.54) is 103 Å². The van der Waals surface area contributed by atoms with Crippen LogP contribution in [0.4, 0.5) is 0 Å². The molecule has 0 aromatic heterocycles. The van der Waals surface area contributed by atoms with E-state index in [0.717, 1.165) is 44.9 Å². The van der Waals surface area contributed by atoms with Crippen LogP contribution in [0.5, 0.6) is 0 Å². The van der Waals surface area contributed by atoms with Gasteiger partial charge in [0.05, 0.1) is 27.7 Å². The van der Waals surface area contributed by atoms with Crippen molar-refractivity contribution < 1.29 is 42.1 Å². The number of ether oxygens (including phenoxy) is 2. The van der Waals surface area contributed by atoms with Gasteiger partial charge < -0.3 is 18.9 Å². The molecule has 0 heterocycles. The summed E-state index contributed by atoms with van der Waals surface area (Å²) in [5, 5.41) is 0. The molecule has 2 atom stereocenters. The Hall–Kier alpha value is -2.03. The molecule has 0 amide bonds. The standard InChI is InChI=1S/C46H84NO8P/c1-6-8-10-12-14-16-18-20-22-23-25-27-29-31-33-35-37-39-46(49)55-44(43-54-56(50,51)53-41-40-47(3,4)5)42-52-45(48)38-36-34-32-30-28-26-24-21-19-17-15-13-11-9-7-2/h14,16,20,22,25,27,31,33,44H,6-13,15,17-19,21,23-24,26,28-30,32,34-43H2,1-5H3/p+1/b16-14-,22-20-,27-25-,33-31-/t44-/m1/s1/i45+2. The highest BCUT2D eigenvalue weighted by atomic mass is 31.2. The van der Waals surface area contributed by atoms with E-state index in [0.29, 0.717) is 17.4 Å². The van der Waals surface area contributed by atoms with Crippen molar-refractivity contribution in [3.63, 3.8) is 0 Å². The Morgan fingerprint density at radius 3 is 1.57 bits per heavy atom. The van der Waals surface area contributed by atoms with Gasteiger partial charge in [0.2, 0.25) is 0 Å². The largest absolute Gasteiger partial charge is 0.472 e. The number of allylic oxidation sites excluding steroid dienone is 8. The molecule has 56 heavy (non-hydrogen) atoms. The molecule has 0 aliphatic rings. The van der Waals surface area contributed by atoms with Crippen molar-refractivity contribution in [2.75, 3.05) is 47.5 Å². The van der Waals surface area contributed by atoms with Crippen LogP contribution in [0.15, 0.2) is 48.6 Å². The van der Waals surface area contributed by atoms with Gasteiger partial charge in [-0.3, -0.25) is 18.6 Å². The predicted molar refractivity (Wildman–Crippen MR) is 233 cm³/mol. The summed E-state index contributed by atoms with van der Waals surface area (Å²) >= 11 is 0. The lowest BCUT2D eigenvalue weighted by Crippen LogP contribution is -2.37. The highest BCUT2D eigenvalue weighted by molar-refractivity contribution is 7.47. The van der Waals surface area contributed by atoms with Gasteiger partial charge in [0.1, 0.15) is 19.8 Å². The van der Waals surface area contributed by atoms with Crippen LogP contribution in [0, 0.1) is 0 Å². The van der Waals surface area contributed by atoms with Crippen molar-refractivity contribution in [1.29, 1.82) is 0 Å². The van der Waals surface area contributed by atoms with Gasteiger partial charge in [-0.15, -0.1) is 0 Å². The molecule has 0 aromatic carbocycles. The monoisotopic (exact) mass is 813 g/mol. The topological polar surface area (TPSA) is 108 Å². The lowest BCUT2D eigenvalue weighted by Gasteiger charge is -2.24. The Kier molecular flexibility index (Phi) is 37.1. The minimum Gasteiger partial charge on any atom is -0.462 e. The summed E-state index contributed by atoms with van der Waals surface area (Å²) in [5.74, 6) is -0.862. The summed E-state index contributed by atoms with van der Waals surface area (Å²) in [4.78, 5) is 35.3. The maximum atomic E-state index is 12.7. The average molecular weight is 813 g/mol. The van der Waals surface area contributed by atoms with Crippen molar-refractivity contribution in [2.45, 2.75) is 187 Å². The van der Waals surface area contributed by atoms with Crippen molar-refractivity contribution in [3.05, 3.63) is 48.6 Å². The molecule has 1 unspecified atom stereocenters. The third kappa shape index (κ3) is 41.6. The zero-order valence-corrected chi connectivity index (χ0v) is 37.5. The fourth-order valence-corrected chi connectivity index (χ4v) is 6.57. The Balaban J connectivity index is 4.45. The second-order valence-corrected chi connectivity index (χ2v) is 17.5. The van der Waals surface area contributed by atoms with Gasteiger partial charge in [0.15, 0.2) is 6.10 Å². The molecule has 0 radical (unpaired) electrons. The molecule has 1 N–H and O–H groups in total. The first-order valence-electron chi connectivity index (χ1n) is 22.4. The molecule has 0 aromatic rings. The quantitative estimate of drug-likeness (QED) is 0.0214. The van der Waals surface area contributed by atoms with E-state index in [9.17, 15) is 19.0 Å². The Morgan fingerprint density at radius 1 is 0.625 bits per heavy atom. The van der Waals surface area contributed by atoms with Crippen LogP contribution >= 0.6 is 7.82 Å². The number of hydrogen-bond donors (Lipinski definition) is 1. The zero-order chi connectivity index (χ0) is 41.4. The number of hydrogen-bond acceptors (Lipinski definition) is 7. The minimum atomic E-state index is -4.39. The summed E-state index contributed by atoms with van der Waals surface area (Å²) in [6, 6.07) is 0. The Morgan fingerprint density at radius 2 is 1.07 bits per heavy atom. The summed E-state index contributed by atoms with van der Waals surface area (Å²) < 4.78 is 34.2. The number of esters is 2. The molecule has 0 spiro atoms. The van der Waals surface area contributed by atoms with Crippen LogP contribution in [0.2, 0.25) is 0 Å². The van der Waals surface area contributed by atoms with E-state index in [1.54, 1.807) is 0 Å². The smallest absolute Gasteiger partial charge is 0.462 e. The molecular formula is C46H85NO8P+. The fourth-order valence-electron chi connectivity index (χ4n) is 5.83. The van der Waals surface area contributed by atoms with Gasteiger partial charge in [-0.2, -0.15) is 0 Å². The van der Waals surface area contributed by atoms with E-state index in [1.807, 2.05) is 27.2 Å². The number of nitrogens with zero attached hydrogens (tertiary/aromatic N) is 1. The first-order valence-corrected chi connectivity index (χ1v) is 23.9. The van der Waals surface area contributed by atoms with Gasteiger partial charge in [-0.25, -0.2) is 4.57 Å². The van der Waals surface area contributed by atoms with Gasteiger partial charge in [-0.05, 0) is 51.4 Å². The third-order valence-electron chi connectivity index (χ3n) is 9.36. The number of quaternary nitrogens is 1.